The maximum Gasteiger partial charge on any atom is 0.245 e. The van der Waals surface area contributed by atoms with Gasteiger partial charge in [0.25, 0.3) is 0 Å². The van der Waals surface area contributed by atoms with Gasteiger partial charge in [0.1, 0.15) is 42.0 Å². The lowest BCUT2D eigenvalue weighted by atomic mass is 10.0. The molecule has 7 amide bonds. The van der Waals surface area contributed by atoms with E-state index in [0.717, 1.165) is 0 Å². The van der Waals surface area contributed by atoms with Gasteiger partial charge in [-0.25, -0.2) is 0 Å². The van der Waals surface area contributed by atoms with Gasteiger partial charge in [-0.05, 0) is 80.8 Å². The van der Waals surface area contributed by atoms with Crippen molar-refractivity contribution in [1.29, 1.82) is 0 Å². The third-order valence-electron chi connectivity index (χ3n) is 9.76. The molecule has 0 saturated carbocycles. The van der Waals surface area contributed by atoms with Crippen molar-refractivity contribution in [2.75, 3.05) is 26.3 Å². The van der Waals surface area contributed by atoms with E-state index in [0.29, 0.717) is 43.4 Å². The van der Waals surface area contributed by atoms with E-state index in [1.165, 1.54) is 24.3 Å². The Morgan fingerprint density at radius 2 is 0.902 bits per heavy atom. The van der Waals surface area contributed by atoms with Crippen molar-refractivity contribution in [2.45, 2.75) is 108 Å². The topological polar surface area (TPSA) is 356 Å². The lowest BCUT2D eigenvalue weighted by molar-refractivity contribution is -0.136. The highest BCUT2D eigenvalue weighted by molar-refractivity contribution is 5.97. The molecule has 20 heteroatoms. The Balaban J connectivity index is 2.26. The zero-order chi connectivity index (χ0) is 45.5. The second-order valence-electron chi connectivity index (χ2n) is 15.0. The molecule has 0 bridgehead atoms. The number of nitrogens with two attached hydrogens (primary N) is 4. The number of aliphatic hydroxyl groups is 2. The van der Waals surface area contributed by atoms with E-state index in [4.69, 9.17) is 22.9 Å². The van der Waals surface area contributed by atoms with Crippen LogP contribution in [0.2, 0.25) is 0 Å². The molecule has 0 radical (unpaired) electrons. The number of phenolic OH excluding ortho intramolecular Hbond substituents is 1. The summed E-state index contributed by atoms with van der Waals surface area (Å²) < 4.78 is 0. The number of phenols is 1. The maximum atomic E-state index is 13.7. The van der Waals surface area contributed by atoms with Gasteiger partial charge in [-0.1, -0.05) is 56.3 Å². The third kappa shape index (κ3) is 18.2. The molecule has 0 aliphatic carbocycles. The molecular formula is C41H64N10O10. The summed E-state index contributed by atoms with van der Waals surface area (Å²) in [7, 11) is 0. The standard InChI is InChI=1S/C41H64N10O10/c1-24(2)34(44)41(61)49-31(20-25-10-4-3-5-11-25)38(58)47-29(13-7-9-19-43)36(56)50-33(23-53)40(60)51-32(22-52)39(59)48-30(21-26-14-16-27(54)17-15-26)37(57)46-28(35(45)55)12-6-8-18-42/h3-5,10-11,14-17,24,28-34,52-54H,6-9,12-13,18-23,42-44H2,1-2H3,(H2,45,55)(H,46,57)(H,47,58)(H,48,59)(H,49,61)(H,50,56)(H,51,60)/t28-,29-,30-,31-,32-,33-,34-/m0/s1. The smallest absolute Gasteiger partial charge is 0.245 e. The Morgan fingerprint density at radius 3 is 1.34 bits per heavy atom. The van der Waals surface area contributed by atoms with Gasteiger partial charge < -0.3 is 70.2 Å². The first-order valence-electron chi connectivity index (χ1n) is 20.4. The molecule has 0 aromatic heterocycles. The largest absolute Gasteiger partial charge is 0.508 e. The highest BCUT2D eigenvalue weighted by Gasteiger charge is 2.33. The zero-order valence-electron chi connectivity index (χ0n) is 34.8. The lowest BCUT2D eigenvalue weighted by Gasteiger charge is -2.27. The quantitative estimate of drug-likeness (QED) is 0.0376. The second kappa shape index (κ2) is 27.2. The van der Waals surface area contributed by atoms with E-state index in [9.17, 15) is 48.9 Å². The van der Waals surface area contributed by atoms with Gasteiger partial charge in [0.05, 0.1) is 19.3 Å². The van der Waals surface area contributed by atoms with E-state index < -0.39 is 96.9 Å². The molecule has 2 aromatic carbocycles. The van der Waals surface area contributed by atoms with Crippen LogP contribution in [0.25, 0.3) is 0 Å². The van der Waals surface area contributed by atoms with Crippen LogP contribution in [-0.2, 0) is 46.4 Å². The molecule has 0 fully saturated rings. The lowest BCUT2D eigenvalue weighted by Crippen LogP contribution is -2.61. The summed E-state index contributed by atoms with van der Waals surface area (Å²) in [5, 5.41) is 45.0. The number of aliphatic hydroxyl groups excluding tert-OH is 2. The van der Waals surface area contributed by atoms with Crippen molar-refractivity contribution < 1.29 is 48.9 Å². The number of carbonyl (C=O) groups excluding carboxylic acids is 7. The fourth-order valence-electron chi connectivity index (χ4n) is 6.00. The summed E-state index contributed by atoms with van der Waals surface area (Å²) in [5.41, 5.74) is 24.0. The number of carbonyl (C=O) groups is 7. The number of amides is 7. The van der Waals surface area contributed by atoms with Crippen molar-refractivity contribution in [3.05, 3.63) is 65.7 Å². The normalized spacial score (nSPS) is 14.6. The van der Waals surface area contributed by atoms with Crippen LogP contribution in [-0.4, -0.2) is 125 Å². The van der Waals surface area contributed by atoms with E-state index in [1.54, 1.807) is 44.2 Å². The number of aromatic hydroxyl groups is 1. The average molecular weight is 857 g/mol. The molecule has 0 heterocycles. The number of primary amides is 1. The minimum Gasteiger partial charge on any atom is -0.508 e. The predicted octanol–water partition coefficient (Wildman–Crippen LogP) is -3.20. The molecule has 0 saturated heterocycles. The van der Waals surface area contributed by atoms with E-state index in [1.807, 2.05) is 0 Å². The number of unbranched alkanes of at least 4 members (excludes halogenated alkanes) is 2. The van der Waals surface area contributed by atoms with Crippen molar-refractivity contribution >= 4 is 41.4 Å². The average Bonchev–Trinajstić information content (AvgIpc) is 3.23. The predicted molar refractivity (Wildman–Crippen MR) is 226 cm³/mol. The van der Waals surface area contributed by atoms with Crippen LogP contribution in [0.1, 0.15) is 63.5 Å². The summed E-state index contributed by atoms with van der Waals surface area (Å²) in [4.78, 5) is 92.9. The summed E-state index contributed by atoms with van der Waals surface area (Å²) in [6.07, 6.45) is 2.04. The molecular weight excluding hydrogens is 793 g/mol. The third-order valence-corrected chi connectivity index (χ3v) is 9.76. The Hall–Kier alpha value is -5.67. The number of benzene rings is 2. The SMILES string of the molecule is CC(C)[C@H](N)C(=O)N[C@@H](Cc1ccccc1)C(=O)N[C@@H](CCCCN)C(=O)N[C@@H](CO)C(=O)N[C@@H](CO)C(=O)N[C@@H](Cc1ccc(O)cc1)C(=O)N[C@@H](CCCCN)C(N)=O. The fourth-order valence-corrected chi connectivity index (χ4v) is 6.00. The Kier molecular flexibility index (Phi) is 23.0. The molecule has 338 valence electrons. The van der Waals surface area contributed by atoms with Gasteiger partial charge in [-0.2, -0.15) is 0 Å². The second-order valence-corrected chi connectivity index (χ2v) is 15.0. The molecule has 61 heavy (non-hydrogen) atoms. The summed E-state index contributed by atoms with van der Waals surface area (Å²) in [6, 6.07) is 5.38. The first kappa shape index (κ1) is 51.5. The van der Waals surface area contributed by atoms with Crippen LogP contribution in [0.4, 0.5) is 0 Å². The summed E-state index contributed by atoms with van der Waals surface area (Å²) in [5.74, 6) is -6.21. The van der Waals surface area contributed by atoms with Gasteiger partial charge in [-0.3, -0.25) is 33.6 Å². The van der Waals surface area contributed by atoms with Crippen molar-refractivity contribution in [3.63, 3.8) is 0 Å². The molecule has 20 nitrogen and oxygen atoms in total. The fraction of sp³-hybridized carbons (Fsp3) is 0.537. The van der Waals surface area contributed by atoms with E-state index in [-0.39, 0.29) is 43.9 Å². The van der Waals surface area contributed by atoms with Crippen LogP contribution in [0.5, 0.6) is 5.75 Å². The number of hydrogen-bond acceptors (Lipinski definition) is 13. The summed E-state index contributed by atoms with van der Waals surface area (Å²) >= 11 is 0. The van der Waals surface area contributed by atoms with Gasteiger partial charge in [0, 0.05) is 12.8 Å². The van der Waals surface area contributed by atoms with Crippen LogP contribution < -0.4 is 54.8 Å². The minimum atomic E-state index is -1.70. The van der Waals surface area contributed by atoms with Gasteiger partial charge in [0.2, 0.25) is 41.4 Å². The number of hydrogen-bond donors (Lipinski definition) is 13. The van der Waals surface area contributed by atoms with Crippen LogP contribution >= 0.6 is 0 Å². The maximum absolute atomic E-state index is 13.7. The number of rotatable bonds is 28. The molecule has 0 unspecified atom stereocenters. The highest BCUT2D eigenvalue weighted by Crippen LogP contribution is 2.13. The van der Waals surface area contributed by atoms with Crippen molar-refractivity contribution in [1.82, 2.24) is 31.9 Å². The summed E-state index contributed by atoms with van der Waals surface area (Å²) in [6.45, 7) is 2.19. The Morgan fingerprint density at radius 1 is 0.525 bits per heavy atom. The number of nitrogens with one attached hydrogen (secondary N) is 6. The zero-order valence-corrected chi connectivity index (χ0v) is 34.8. The van der Waals surface area contributed by atoms with Crippen LogP contribution in [0.3, 0.4) is 0 Å². The Bertz CT molecular complexity index is 1720. The molecule has 0 aliphatic rings. The Labute approximate surface area is 355 Å². The van der Waals surface area contributed by atoms with Gasteiger partial charge >= 0.3 is 0 Å². The molecule has 17 N–H and O–H groups in total. The van der Waals surface area contributed by atoms with Crippen molar-refractivity contribution in [3.8, 4) is 5.75 Å². The highest BCUT2D eigenvalue weighted by atomic mass is 16.3. The van der Waals surface area contributed by atoms with Gasteiger partial charge in [0.15, 0.2) is 0 Å². The molecule has 2 rings (SSSR count). The molecule has 0 aliphatic heterocycles. The first-order chi connectivity index (χ1) is 29.0. The van der Waals surface area contributed by atoms with Crippen LogP contribution in [0.15, 0.2) is 54.6 Å². The molecule has 0 spiro atoms. The van der Waals surface area contributed by atoms with E-state index in [2.05, 4.69) is 31.9 Å². The van der Waals surface area contributed by atoms with Crippen molar-refractivity contribution in [2.24, 2.45) is 28.9 Å². The molecule has 7 atom stereocenters. The monoisotopic (exact) mass is 856 g/mol. The molecule has 2 aromatic rings. The van der Waals surface area contributed by atoms with E-state index >= 15 is 0 Å². The first-order valence-corrected chi connectivity index (χ1v) is 20.4. The van der Waals surface area contributed by atoms with Crippen LogP contribution in [0, 0.1) is 5.92 Å². The minimum absolute atomic E-state index is 0.0524. The van der Waals surface area contributed by atoms with Gasteiger partial charge in [-0.15, -0.1) is 0 Å².